The molecule has 0 aromatic carbocycles. The van der Waals surface area contributed by atoms with Gasteiger partial charge >= 0.3 is 0 Å². The van der Waals surface area contributed by atoms with Crippen molar-refractivity contribution in [2.75, 3.05) is 43.1 Å². The number of anilines is 2. The molecule has 2 bridgehead atoms. The minimum absolute atomic E-state index is 0.524. The summed E-state index contributed by atoms with van der Waals surface area (Å²) in [7, 11) is 1.64. The molecule has 4 aromatic heterocycles. The van der Waals surface area contributed by atoms with Gasteiger partial charge in [-0.15, -0.1) is 0 Å². The summed E-state index contributed by atoms with van der Waals surface area (Å²) in [6.07, 6.45) is 11.2. The van der Waals surface area contributed by atoms with E-state index in [0.29, 0.717) is 23.5 Å². The van der Waals surface area contributed by atoms with Gasteiger partial charge in [-0.25, -0.2) is 14.5 Å². The summed E-state index contributed by atoms with van der Waals surface area (Å²) in [5, 5.41) is 14.3. The number of nitrogens with zero attached hydrogens (tertiary/aromatic N) is 8. The van der Waals surface area contributed by atoms with Gasteiger partial charge in [-0.1, -0.05) is 13.0 Å². The molecule has 4 fully saturated rings. The van der Waals surface area contributed by atoms with Gasteiger partial charge in [-0.3, -0.25) is 4.90 Å². The molecule has 8 heterocycles. The van der Waals surface area contributed by atoms with Crippen LogP contribution in [-0.4, -0.2) is 69.9 Å². The van der Waals surface area contributed by atoms with E-state index in [9.17, 15) is 5.26 Å². The maximum absolute atomic E-state index is 9.78. The lowest BCUT2D eigenvalue weighted by molar-refractivity contribution is -0.00876. The Morgan fingerprint density at radius 2 is 1.82 bits per heavy atom. The molecule has 2 unspecified atom stereocenters. The van der Waals surface area contributed by atoms with E-state index in [1.165, 1.54) is 24.8 Å². The van der Waals surface area contributed by atoms with Gasteiger partial charge in [0, 0.05) is 74.4 Å². The lowest BCUT2D eigenvalue weighted by atomic mass is 9.87. The number of aromatic nitrogens is 4. The first kappa shape index (κ1) is 24.9. The highest BCUT2D eigenvalue weighted by Gasteiger charge is 2.44. The maximum Gasteiger partial charge on any atom is 0.212 e. The smallest absolute Gasteiger partial charge is 0.212 e. The molecule has 4 aromatic rings. The molecule has 0 aliphatic carbocycles. The van der Waals surface area contributed by atoms with E-state index >= 15 is 0 Å². The predicted octanol–water partition coefficient (Wildman–Crippen LogP) is 4.37. The SMILES string of the molecule is COc1ccc(CN2C3CC2CN(c2ccc(-c4cc(N5CCC(C)CC5)cn5ncc(C#N)c45)cn2)C3)cn1. The molecule has 204 valence electrons. The van der Waals surface area contributed by atoms with E-state index in [1.54, 1.807) is 13.3 Å². The summed E-state index contributed by atoms with van der Waals surface area (Å²) in [6.45, 7) is 7.27. The third-order valence-corrected chi connectivity index (χ3v) is 8.97. The molecule has 0 radical (unpaired) electrons. The second kappa shape index (κ2) is 10.1. The fourth-order valence-corrected chi connectivity index (χ4v) is 6.55. The molecule has 8 rings (SSSR count). The van der Waals surface area contributed by atoms with Gasteiger partial charge in [-0.05, 0) is 48.9 Å². The first-order valence-electron chi connectivity index (χ1n) is 14.2. The molecule has 40 heavy (non-hydrogen) atoms. The van der Waals surface area contributed by atoms with Gasteiger partial charge in [0.1, 0.15) is 11.9 Å². The second-order valence-electron chi connectivity index (χ2n) is 11.5. The summed E-state index contributed by atoms with van der Waals surface area (Å²) in [4.78, 5) is 16.7. The second-order valence-corrected chi connectivity index (χ2v) is 11.5. The minimum atomic E-state index is 0.524. The fourth-order valence-electron chi connectivity index (χ4n) is 6.55. The van der Waals surface area contributed by atoms with Crippen LogP contribution in [0.5, 0.6) is 5.88 Å². The van der Waals surface area contributed by atoms with Crippen LogP contribution < -0.4 is 14.5 Å². The highest BCUT2D eigenvalue weighted by Crippen LogP contribution is 2.37. The van der Waals surface area contributed by atoms with E-state index in [2.05, 4.69) is 68.2 Å². The Balaban J connectivity index is 1.10. The van der Waals surface area contributed by atoms with Crippen LogP contribution in [0.3, 0.4) is 0 Å². The number of ether oxygens (including phenoxy) is 1. The number of nitriles is 1. The van der Waals surface area contributed by atoms with Crippen LogP contribution in [0.2, 0.25) is 0 Å². The van der Waals surface area contributed by atoms with Crippen molar-refractivity contribution in [2.24, 2.45) is 5.92 Å². The van der Waals surface area contributed by atoms with E-state index in [1.807, 2.05) is 23.0 Å². The zero-order valence-electron chi connectivity index (χ0n) is 23.1. The van der Waals surface area contributed by atoms with E-state index in [-0.39, 0.29) is 0 Å². The van der Waals surface area contributed by atoms with Gasteiger partial charge in [0.25, 0.3) is 0 Å². The molecule has 2 atom stereocenters. The zero-order chi connectivity index (χ0) is 27.2. The van der Waals surface area contributed by atoms with Crippen LogP contribution in [0.25, 0.3) is 16.6 Å². The number of methoxy groups -OCH3 is 1. The Kier molecular flexibility index (Phi) is 6.28. The number of rotatable bonds is 6. The van der Waals surface area contributed by atoms with Crippen LogP contribution in [0.15, 0.2) is 55.1 Å². The van der Waals surface area contributed by atoms with E-state index in [4.69, 9.17) is 9.72 Å². The van der Waals surface area contributed by atoms with Crippen molar-refractivity contribution in [3.63, 3.8) is 0 Å². The van der Waals surface area contributed by atoms with E-state index < -0.39 is 0 Å². The Hall–Kier alpha value is -4.16. The average molecular weight is 535 g/mol. The van der Waals surface area contributed by atoms with Crippen LogP contribution >= 0.6 is 0 Å². The standard InChI is InChI=1S/C31H34N8O/c1-21-7-9-36(10-8-21)25-12-28(31-24(13-32)16-35-39(31)20-25)23-4-5-29(33-15-23)37-18-26-11-27(19-37)38(26)17-22-3-6-30(40-2)34-14-22/h3-6,12,14-16,20-21,26-27H,7-11,17-19H2,1-2H3. The normalized spacial score (nSPS) is 21.3. The van der Waals surface area contributed by atoms with Gasteiger partial charge < -0.3 is 14.5 Å². The van der Waals surface area contributed by atoms with Crippen molar-refractivity contribution in [3.05, 3.63) is 66.2 Å². The third kappa shape index (κ3) is 4.42. The Morgan fingerprint density at radius 1 is 1.00 bits per heavy atom. The number of hydrogen-bond acceptors (Lipinski definition) is 8. The summed E-state index contributed by atoms with van der Waals surface area (Å²) < 4.78 is 7.06. The number of piperazine rings is 1. The van der Waals surface area contributed by atoms with Crippen molar-refractivity contribution in [1.29, 1.82) is 5.26 Å². The molecular formula is C31H34N8O. The third-order valence-electron chi connectivity index (χ3n) is 8.97. The van der Waals surface area contributed by atoms with Gasteiger partial charge in [0.15, 0.2) is 0 Å². The van der Waals surface area contributed by atoms with Crippen LogP contribution in [0, 0.1) is 17.2 Å². The van der Waals surface area contributed by atoms with E-state index in [0.717, 1.165) is 66.8 Å². The van der Waals surface area contributed by atoms with Gasteiger partial charge in [0.2, 0.25) is 5.88 Å². The lowest BCUT2D eigenvalue weighted by Gasteiger charge is -2.56. The Labute approximate surface area is 234 Å². The van der Waals surface area contributed by atoms with Crippen molar-refractivity contribution in [1.82, 2.24) is 24.5 Å². The first-order valence-corrected chi connectivity index (χ1v) is 14.2. The molecule has 0 N–H and O–H groups in total. The summed E-state index contributed by atoms with van der Waals surface area (Å²) in [6, 6.07) is 13.9. The van der Waals surface area contributed by atoms with Gasteiger partial charge in [0.05, 0.1) is 36.3 Å². The Bertz CT molecular complexity index is 1540. The van der Waals surface area contributed by atoms with Gasteiger partial charge in [-0.2, -0.15) is 10.4 Å². The number of hydrogen-bond donors (Lipinski definition) is 0. The predicted molar refractivity (Wildman–Crippen MR) is 154 cm³/mol. The summed E-state index contributed by atoms with van der Waals surface area (Å²) in [5.74, 6) is 2.42. The topological polar surface area (TPSA) is 85.8 Å². The highest BCUT2D eigenvalue weighted by molar-refractivity contribution is 5.86. The monoisotopic (exact) mass is 534 g/mol. The molecule has 0 amide bonds. The van der Waals surface area contributed by atoms with Crippen molar-refractivity contribution < 1.29 is 4.74 Å². The molecular weight excluding hydrogens is 500 g/mol. The van der Waals surface area contributed by atoms with Crippen molar-refractivity contribution >= 4 is 17.0 Å². The fraction of sp³-hybridized carbons (Fsp3) is 0.419. The van der Waals surface area contributed by atoms with Crippen molar-refractivity contribution in [2.45, 2.75) is 44.8 Å². The number of pyridine rings is 3. The zero-order valence-corrected chi connectivity index (χ0v) is 23.1. The van der Waals surface area contributed by atoms with Crippen LogP contribution in [-0.2, 0) is 6.54 Å². The lowest BCUT2D eigenvalue weighted by Crippen LogP contribution is -2.68. The number of piperidine rings is 2. The number of fused-ring (bicyclic) bond motifs is 3. The highest BCUT2D eigenvalue weighted by atomic mass is 16.5. The quantitative estimate of drug-likeness (QED) is 0.361. The molecule has 9 heteroatoms. The largest absolute Gasteiger partial charge is 0.481 e. The van der Waals surface area contributed by atoms with Crippen LogP contribution in [0.1, 0.15) is 37.3 Å². The molecule has 4 aliphatic rings. The molecule has 0 spiro atoms. The van der Waals surface area contributed by atoms with Crippen molar-refractivity contribution in [3.8, 4) is 23.1 Å². The first-order chi connectivity index (χ1) is 19.6. The summed E-state index contributed by atoms with van der Waals surface area (Å²) in [5.41, 5.74) is 5.80. The average Bonchev–Trinajstić information content (AvgIpc) is 3.43. The molecule has 4 aliphatic heterocycles. The molecule has 9 nitrogen and oxygen atoms in total. The Morgan fingerprint density at radius 3 is 2.50 bits per heavy atom. The maximum atomic E-state index is 9.78. The van der Waals surface area contributed by atoms with Crippen LogP contribution in [0.4, 0.5) is 11.5 Å². The molecule has 4 saturated heterocycles. The molecule has 0 saturated carbocycles. The minimum Gasteiger partial charge on any atom is -0.481 e. The summed E-state index contributed by atoms with van der Waals surface area (Å²) >= 11 is 0.